The van der Waals surface area contributed by atoms with E-state index in [-0.39, 0.29) is 12.2 Å². The minimum Gasteiger partial charge on any atom is -0.463 e. The van der Waals surface area contributed by atoms with Crippen LogP contribution in [-0.2, 0) is 19.3 Å². The van der Waals surface area contributed by atoms with Crippen molar-refractivity contribution in [1.29, 1.82) is 0 Å². The van der Waals surface area contributed by atoms with E-state index < -0.39 is 18.2 Å². The third kappa shape index (κ3) is 4.61. The highest BCUT2D eigenvalue weighted by molar-refractivity contribution is 5.65. The lowest BCUT2D eigenvalue weighted by Crippen LogP contribution is -2.43. The van der Waals surface area contributed by atoms with E-state index in [4.69, 9.17) is 14.5 Å². The van der Waals surface area contributed by atoms with Gasteiger partial charge >= 0.3 is 5.97 Å². The van der Waals surface area contributed by atoms with Crippen LogP contribution < -0.4 is 0 Å². The van der Waals surface area contributed by atoms with Crippen LogP contribution in [0.5, 0.6) is 0 Å². The molecule has 1 aliphatic rings. The molecule has 0 amide bonds. The third-order valence-corrected chi connectivity index (χ3v) is 3.00. The Labute approximate surface area is 102 Å². The summed E-state index contributed by atoms with van der Waals surface area (Å²) in [6, 6.07) is 0. The predicted octanol–water partition coefficient (Wildman–Crippen LogP) is 1.58. The molecule has 17 heavy (non-hydrogen) atoms. The summed E-state index contributed by atoms with van der Waals surface area (Å²) in [7, 11) is 0. The molecule has 1 rings (SSSR count). The van der Waals surface area contributed by atoms with Crippen molar-refractivity contribution < 1.29 is 24.4 Å². The number of esters is 1. The van der Waals surface area contributed by atoms with Gasteiger partial charge in [-0.1, -0.05) is 13.3 Å². The standard InChI is InChI=1S/C12H22O5/c1-4-6-12(3)7-5-11(16-17-12)10(14)8-15-9(2)13/h10-11,14H,4-8H2,1-3H3/t10?,11-,12?/m0/s1. The first-order chi connectivity index (χ1) is 7.97. The van der Waals surface area contributed by atoms with Gasteiger partial charge in [-0.15, -0.1) is 0 Å². The second-order valence-corrected chi connectivity index (χ2v) is 4.83. The molecule has 1 aliphatic heterocycles. The summed E-state index contributed by atoms with van der Waals surface area (Å²) in [4.78, 5) is 21.2. The van der Waals surface area contributed by atoms with Gasteiger partial charge in [0.05, 0.1) is 0 Å². The minimum absolute atomic E-state index is 0.0478. The molecule has 0 aromatic heterocycles. The summed E-state index contributed by atoms with van der Waals surface area (Å²) in [6.45, 7) is 5.36. The van der Waals surface area contributed by atoms with Crippen molar-refractivity contribution in [2.75, 3.05) is 6.61 Å². The maximum atomic E-state index is 10.6. The number of hydrogen-bond donors (Lipinski definition) is 1. The van der Waals surface area contributed by atoms with E-state index in [9.17, 15) is 9.90 Å². The molecule has 0 aromatic rings. The van der Waals surface area contributed by atoms with E-state index in [1.54, 1.807) is 0 Å². The topological polar surface area (TPSA) is 65.0 Å². The smallest absolute Gasteiger partial charge is 0.302 e. The normalized spacial score (nSPS) is 30.9. The summed E-state index contributed by atoms with van der Waals surface area (Å²) in [6.07, 6.45) is 2.26. The van der Waals surface area contributed by atoms with Crippen molar-refractivity contribution in [1.82, 2.24) is 0 Å². The first kappa shape index (κ1) is 14.4. The van der Waals surface area contributed by atoms with Gasteiger partial charge in [-0.25, -0.2) is 9.78 Å². The van der Waals surface area contributed by atoms with Crippen LogP contribution in [-0.4, -0.2) is 35.5 Å². The van der Waals surface area contributed by atoms with E-state index in [0.29, 0.717) is 6.42 Å². The fourth-order valence-corrected chi connectivity index (χ4v) is 1.98. The molecule has 0 aliphatic carbocycles. The number of ether oxygens (including phenoxy) is 1. The van der Waals surface area contributed by atoms with Gasteiger partial charge in [-0.3, -0.25) is 4.79 Å². The first-order valence-corrected chi connectivity index (χ1v) is 6.13. The van der Waals surface area contributed by atoms with Crippen LogP contribution in [0.1, 0.15) is 46.5 Å². The molecular formula is C12H22O5. The van der Waals surface area contributed by atoms with Gasteiger partial charge in [0.2, 0.25) is 0 Å². The summed E-state index contributed by atoms with van der Waals surface area (Å²) in [5, 5.41) is 9.74. The molecule has 5 heteroatoms. The fourth-order valence-electron chi connectivity index (χ4n) is 1.98. The van der Waals surface area contributed by atoms with Crippen molar-refractivity contribution in [3.05, 3.63) is 0 Å². The van der Waals surface area contributed by atoms with Gasteiger partial charge in [-0.2, -0.15) is 0 Å². The average Bonchev–Trinajstić information content (AvgIpc) is 2.27. The third-order valence-electron chi connectivity index (χ3n) is 3.00. The summed E-state index contributed by atoms with van der Waals surface area (Å²) in [5.74, 6) is -0.406. The van der Waals surface area contributed by atoms with E-state index in [1.807, 2.05) is 6.92 Å². The van der Waals surface area contributed by atoms with Crippen LogP contribution in [0.3, 0.4) is 0 Å². The number of carbonyl (C=O) groups is 1. The average molecular weight is 246 g/mol. The van der Waals surface area contributed by atoms with Gasteiger partial charge in [0.1, 0.15) is 24.4 Å². The van der Waals surface area contributed by atoms with Gasteiger partial charge < -0.3 is 9.84 Å². The van der Waals surface area contributed by atoms with E-state index in [2.05, 4.69) is 6.92 Å². The zero-order valence-electron chi connectivity index (χ0n) is 10.8. The maximum absolute atomic E-state index is 10.6. The lowest BCUT2D eigenvalue weighted by Gasteiger charge is -2.37. The molecule has 5 nitrogen and oxygen atoms in total. The monoisotopic (exact) mass is 246 g/mol. The van der Waals surface area contributed by atoms with E-state index in [0.717, 1.165) is 19.3 Å². The number of aliphatic hydroxyl groups excluding tert-OH is 1. The van der Waals surface area contributed by atoms with Crippen molar-refractivity contribution in [3.8, 4) is 0 Å². The summed E-state index contributed by atoms with van der Waals surface area (Å²) < 4.78 is 4.73. The molecule has 0 saturated carbocycles. The lowest BCUT2D eigenvalue weighted by atomic mass is 9.91. The number of carbonyl (C=O) groups excluding carboxylic acids is 1. The van der Waals surface area contributed by atoms with Gasteiger partial charge in [0.25, 0.3) is 0 Å². The highest BCUT2D eigenvalue weighted by atomic mass is 17.2. The molecule has 3 atom stereocenters. The van der Waals surface area contributed by atoms with Gasteiger partial charge in [0.15, 0.2) is 0 Å². The first-order valence-electron chi connectivity index (χ1n) is 6.13. The number of hydrogen-bond acceptors (Lipinski definition) is 5. The van der Waals surface area contributed by atoms with E-state index >= 15 is 0 Å². The Morgan fingerprint density at radius 1 is 1.65 bits per heavy atom. The Hall–Kier alpha value is -0.650. The van der Waals surface area contributed by atoms with Crippen molar-refractivity contribution in [2.45, 2.75) is 64.3 Å². The van der Waals surface area contributed by atoms with Crippen LogP contribution in [0.2, 0.25) is 0 Å². The van der Waals surface area contributed by atoms with Crippen LogP contribution >= 0.6 is 0 Å². The van der Waals surface area contributed by atoms with Crippen LogP contribution in [0.25, 0.3) is 0 Å². The number of aliphatic hydroxyl groups is 1. The zero-order valence-corrected chi connectivity index (χ0v) is 10.8. The zero-order chi connectivity index (χ0) is 12.9. The Morgan fingerprint density at radius 2 is 2.35 bits per heavy atom. The molecule has 0 bridgehead atoms. The maximum Gasteiger partial charge on any atom is 0.302 e. The summed E-state index contributed by atoms with van der Waals surface area (Å²) in [5.41, 5.74) is -0.258. The van der Waals surface area contributed by atoms with Crippen molar-refractivity contribution >= 4 is 5.97 Å². The lowest BCUT2D eigenvalue weighted by molar-refractivity contribution is -0.416. The minimum atomic E-state index is -0.829. The fraction of sp³-hybridized carbons (Fsp3) is 0.917. The molecule has 1 saturated heterocycles. The van der Waals surface area contributed by atoms with E-state index in [1.165, 1.54) is 6.92 Å². The molecule has 1 heterocycles. The highest BCUT2D eigenvalue weighted by Crippen LogP contribution is 2.31. The Morgan fingerprint density at radius 3 is 2.82 bits per heavy atom. The largest absolute Gasteiger partial charge is 0.463 e. The van der Waals surface area contributed by atoms with Crippen LogP contribution in [0.15, 0.2) is 0 Å². The molecule has 100 valence electrons. The Bertz CT molecular complexity index is 245. The SMILES string of the molecule is CCCC1(C)CC[C@@H](C(O)COC(C)=O)OO1. The molecule has 2 unspecified atom stereocenters. The molecule has 0 spiro atoms. The molecular weight excluding hydrogens is 224 g/mol. The second-order valence-electron chi connectivity index (χ2n) is 4.83. The number of rotatable bonds is 5. The van der Waals surface area contributed by atoms with Crippen molar-refractivity contribution in [3.63, 3.8) is 0 Å². The van der Waals surface area contributed by atoms with Crippen LogP contribution in [0, 0.1) is 0 Å². The molecule has 1 fully saturated rings. The molecule has 0 aromatic carbocycles. The highest BCUT2D eigenvalue weighted by Gasteiger charge is 2.36. The predicted molar refractivity (Wildman–Crippen MR) is 61.1 cm³/mol. The van der Waals surface area contributed by atoms with Crippen LogP contribution in [0.4, 0.5) is 0 Å². The quantitative estimate of drug-likeness (QED) is 0.589. The molecule has 0 radical (unpaired) electrons. The van der Waals surface area contributed by atoms with Gasteiger partial charge in [-0.05, 0) is 26.2 Å². The Kier molecular flexibility index (Phi) is 5.36. The van der Waals surface area contributed by atoms with Crippen molar-refractivity contribution in [2.24, 2.45) is 0 Å². The van der Waals surface area contributed by atoms with Gasteiger partial charge in [0, 0.05) is 6.92 Å². The summed E-state index contributed by atoms with van der Waals surface area (Å²) >= 11 is 0. The second kappa shape index (κ2) is 6.33. The molecule has 1 N–H and O–H groups in total. The Balaban J connectivity index is 2.33.